The maximum absolute atomic E-state index is 12.5. The topological polar surface area (TPSA) is 59.1 Å². The molecule has 0 aromatic heterocycles. The second-order valence-corrected chi connectivity index (χ2v) is 7.96. The minimum Gasteiger partial charge on any atom is -0.348 e. The van der Waals surface area contributed by atoms with E-state index in [2.05, 4.69) is 0 Å². The Labute approximate surface area is 121 Å². The van der Waals surface area contributed by atoms with Crippen LogP contribution in [-0.4, -0.2) is 62.2 Å². The zero-order valence-electron chi connectivity index (χ0n) is 12.1. The van der Waals surface area contributed by atoms with Crippen molar-refractivity contribution in [2.45, 2.75) is 50.4 Å². The molecule has 0 amide bonds. The van der Waals surface area contributed by atoms with Gasteiger partial charge in [-0.15, -0.1) is 0 Å². The minimum atomic E-state index is -3.29. The number of ether oxygens (including phenoxy) is 2. The van der Waals surface area contributed by atoms with Crippen LogP contribution in [0.2, 0.25) is 0 Å². The van der Waals surface area contributed by atoms with Crippen molar-refractivity contribution in [2.24, 2.45) is 0 Å². The molecule has 1 aliphatic carbocycles. The maximum Gasteiger partial charge on any atom is 0.281 e. The summed E-state index contributed by atoms with van der Waals surface area (Å²) in [6, 6.07) is 0.0685. The predicted octanol–water partition coefficient (Wildman–Crippen LogP) is 0.945. The lowest BCUT2D eigenvalue weighted by Gasteiger charge is -2.39. The molecule has 3 fully saturated rings. The van der Waals surface area contributed by atoms with Gasteiger partial charge in [-0.2, -0.15) is 17.0 Å². The molecule has 0 radical (unpaired) electrons. The Kier molecular flexibility index (Phi) is 4.07. The molecule has 1 spiro atoms. The van der Waals surface area contributed by atoms with Crippen LogP contribution >= 0.6 is 0 Å². The van der Waals surface area contributed by atoms with Crippen molar-refractivity contribution < 1.29 is 17.9 Å². The molecule has 3 aliphatic rings. The van der Waals surface area contributed by atoms with Gasteiger partial charge in [0.05, 0.1) is 13.2 Å². The number of rotatable bonds is 3. The van der Waals surface area contributed by atoms with Crippen molar-refractivity contribution in [3.8, 4) is 0 Å². The Morgan fingerprint density at radius 2 is 1.65 bits per heavy atom. The first-order chi connectivity index (χ1) is 9.54. The smallest absolute Gasteiger partial charge is 0.281 e. The summed E-state index contributed by atoms with van der Waals surface area (Å²) in [5.41, 5.74) is 0. The van der Waals surface area contributed by atoms with Gasteiger partial charge in [0.2, 0.25) is 0 Å². The summed E-state index contributed by atoms with van der Waals surface area (Å²) in [6.07, 6.45) is 5.15. The Hall–Kier alpha value is -0.210. The van der Waals surface area contributed by atoms with Crippen molar-refractivity contribution in [3.05, 3.63) is 0 Å². The summed E-state index contributed by atoms with van der Waals surface area (Å²) < 4.78 is 39.6. The first kappa shape index (κ1) is 14.7. The van der Waals surface area contributed by atoms with Crippen molar-refractivity contribution in [1.82, 2.24) is 8.61 Å². The molecule has 2 heterocycles. The fourth-order valence-electron chi connectivity index (χ4n) is 3.48. The van der Waals surface area contributed by atoms with E-state index in [0.29, 0.717) is 26.3 Å². The fourth-order valence-corrected chi connectivity index (χ4v) is 5.15. The van der Waals surface area contributed by atoms with Gasteiger partial charge < -0.3 is 9.47 Å². The van der Waals surface area contributed by atoms with Gasteiger partial charge in [0, 0.05) is 39.0 Å². The molecule has 0 N–H and O–H groups in total. The second-order valence-electron chi connectivity index (χ2n) is 5.97. The van der Waals surface area contributed by atoms with E-state index in [-0.39, 0.29) is 6.04 Å². The van der Waals surface area contributed by atoms with Gasteiger partial charge in [-0.3, -0.25) is 0 Å². The minimum absolute atomic E-state index is 0.0685. The van der Waals surface area contributed by atoms with E-state index in [1.807, 2.05) is 0 Å². The van der Waals surface area contributed by atoms with Crippen LogP contribution in [0.25, 0.3) is 0 Å². The lowest BCUT2D eigenvalue weighted by Crippen LogP contribution is -2.49. The van der Waals surface area contributed by atoms with Crippen LogP contribution in [0.1, 0.15) is 38.5 Å². The summed E-state index contributed by atoms with van der Waals surface area (Å²) >= 11 is 0. The molecule has 20 heavy (non-hydrogen) atoms. The molecule has 0 bridgehead atoms. The SMILES string of the molecule is CN(C1CCC2(CC1)OCCO2)S(=O)(=O)N1CCCC1. The summed E-state index contributed by atoms with van der Waals surface area (Å²) in [5, 5.41) is 0. The maximum atomic E-state index is 12.5. The Balaban J connectivity index is 1.62. The number of hydrogen-bond acceptors (Lipinski definition) is 4. The van der Waals surface area contributed by atoms with E-state index < -0.39 is 16.0 Å². The largest absolute Gasteiger partial charge is 0.348 e. The summed E-state index contributed by atoms with van der Waals surface area (Å²) in [5.74, 6) is -0.422. The highest BCUT2D eigenvalue weighted by atomic mass is 32.2. The van der Waals surface area contributed by atoms with Gasteiger partial charge >= 0.3 is 0 Å². The molecule has 6 nitrogen and oxygen atoms in total. The van der Waals surface area contributed by atoms with Gasteiger partial charge in [-0.1, -0.05) is 0 Å². The summed E-state index contributed by atoms with van der Waals surface area (Å²) in [4.78, 5) is 0. The molecule has 116 valence electrons. The van der Waals surface area contributed by atoms with Gasteiger partial charge in [-0.25, -0.2) is 0 Å². The fraction of sp³-hybridized carbons (Fsp3) is 1.00. The Morgan fingerprint density at radius 3 is 2.20 bits per heavy atom. The van der Waals surface area contributed by atoms with Crippen LogP contribution in [-0.2, 0) is 19.7 Å². The monoisotopic (exact) mass is 304 g/mol. The molecule has 2 saturated heterocycles. The first-order valence-corrected chi connectivity index (χ1v) is 8.94. The van der Waals surface area contributed by atoms with Gasteiger partial charge in [-0.05, 0) is 25.7 Å². The molecule has 1 saturated carbocycles. The van der Waals surface area contributed by atoms with Crippen LogP contribution in [0.5, 0.6) is 0 Å². The third kappa shape index (κ3) is 2.62. The van der Waals surface area contributed by atoms with Crippen molar-refractivity contribution in [1.29, 1.82) is 0 Å². The van der Waals surface area contributed by atoms with Gasteiger partial charge in [0.1, 0.15) is 0 Å². The highest BCUT2D eigenvalue weighted by Gasteiger charge is 2.43. The van der Waals surface area contributed by atoms with E-state index in [4.69, 9.17) is 9.47 Å². The molecule has 3 rings (SSSR count). The van der Waals surface area contributed by atoms with Crippen molar-refractivity contribution in [2.75, 3.05) is 33.4 Å². The first-order valence-electron chi connectivity index (χ1n) is 7.55. The standard InChI is InChI=1S/C13H24N2O4S/c1-14(20(16,17)15-8-2-3-9-15)12-4-6-13(7-5-12)18-10-11-19-13/h12H,2-11H2,1H3. The van der Waals surface area contributed by atoms with Crippen molar-refractivity contribution >= 4 is 10.2 Å². The van der Waals surface area contributed by atoms with E-state index in [0.717, 1.165) is 38.5 Å². The molecule has 2 aliphatic heterocycles. The van der Waals surface area contributed by atoms with Crippen LogP contribution < -0.4 is 0 Å². The van der Waals surface area contributed by atoms with Crippen LogP contribution in [0.3, 0.4) is 0 Å². The van der Waals surface area contributed by atoms with E-state index in [9.17, 15) is 8.42 Å². The van der Waals surface area contributed by atoms with Crippen LogP contribution in [0.15, 0.2) is 0 Å². The molecule has 0 unspecified atom stereocenters. The molecular formula is C13H24N2O4S. The Morgan fingerprint density at radius 1 is 1.10 bits per heavy atom. The predicted molar refractivity (Wildman–Crippen MR) is 74.4 cm³/mol. The molecule has 0 aromatic rings. The molecule has 0 atom stereocenters. The van der Waals surface area contributed by atoms with Crippen LogP contribution in [0.4, 0.5) is 0 Å². The highest BCUT2D eigenvalue weighted by molar-refractivity contribution is 7.86. The number of hydrogen-bond donors (Lipinski definition) is 0. The summed E-state index contributed by atoms with van der Waals surface area (Å²) in [7, 11) is -1.57. The lowest BCUT2D eigenvalue weighted by atomic mass is 9.90. The normalized spacial score (nSPS) is 28.7. The zero-order chi connectivity index (χ0) is 14.2. The van der Waals surface area contributed by atoms with E-state index >= 15 is 0 Å². The molecule has 0 aromatic carbocycles. The highest BCUT2D eigenvalue weighted by Crippen LogP contribution is 2.37. The van der Waals surface area contributed by atoms with Gasteiger partial charge in [0.15, 0.2) is 5.79 Å². The third-order valence-corrected chi connectivity index (χ3v) is 6.84. The quantitative estimate of drug-likeness (QED) is 0.779. The third-order valence-electron chi connectivity index (χ3n) is 4.80. The number of nitrogens with zero attached hydrogens (tertiary/aromatic N) is 2. The van der Waals surface area contributed by atoms with Crippen molar-refractivity contribution in [3.63, 3.8) is 0 Å². The average molecular weight is 304 g/mol. The molecular weight excluding hydrogens is 280 g/mol. The molecule has 7 heteroatoms. The van der Waals surface area contributed by atoms with Gasteiger partial charge in [0.25, 0.3) is 10.2 Å². The lowest BCUT2D eigenvalue weighted by molar-refractivity contribution is -0.181. The van der Waals surface area contributed by atoms with Crippen LogP contribution in [0, 0.1) is 0 Å². The average Bonchev–Trinajstić information content (AvgIpc) is 3.11. The zero-order valence-corrected chi connectivity index (χ0v) is 12.9. The van der Waals surface area contributed by atoms with E-state index in [1.54, 1.807) is 15.7 Å². The van der Waals surface area contributed by atoms with E-state index in [1.165, 1.54) is 0 Å². The Bertz CT molecular complexity index is 431. The summed E-state index contributed by atoms with van der Waals surface area (Å²) in [6.45, 7) is 2.64. The second kappa shape index (κ2) is 5.53.